The number of benzene rings is 2. The summed E-state index contributed by atoms with van der Waals surface area (Å²) in [6.45, 7) is 8.27. The van der Waals surface area contributed by atoms with Crippen molar-refractivity contribution >= 4 is 0 Å². The van der Waals surface area contributed by atoms with Gasteiger partial charge in [-0.05, 0) is 54.6 Å². The van der Waals surface area contributed by atoms with Crippen molar-refractivity contribution in [3.63, 3.8) is 0 Å². The van der Waals surface area contributed by atoms with E-state index in [0.29, 0.717) is 0 Å². The first-order valence-corrected chi connectivity index (χ1v) is 11.2. The van der Waals surface area contributed by atoms with Crippen molar-refractivity contribution in [3.8, 4) is 0 Å². The van der Waals surface area contributed by atoms with Gasteiger partial charge >= 0.3 is 0 Å². The van der Waals surface area contributed by atoms with Gasteiger partial charge in [-0.3, -0.25) is 9.80 Å². The zero-order valence-corrected chi connectivity index (χ0v) is 17.1. The van der Waals surface area contributed by atoms with E-state index >= 15 is 0 Å². The molecule has 4 heteroatoms. The Labute approximate surface area is 173 Å². The Morgan fingerprint density at radius 2 is 1.17 bits per heavy atom. The number of likely N-dealkylation sites (tertiary alicyclic amines) is 2. The lowest BCUT2D eigenvalue weighted by atomic mass is 9.92. The first-order chi connectivity index (χ1) is 14.3. The zero-order chi connectivity index (χ0) is 19.3. The van der Waals surface area contributed by atoms with Gasteiger partial charge in [-0.25, -0.2) is 0 Å². The van der Waals surface area contributed by atoms with Crippen LogP contribution in [0.3, 0.4) is 0 Å². The maximum absolute atomic E-state index is 6.31. The zero-order valence-electron chi connectivity index (χ0n) is 17.1. The highest BCUT2D eigenvalue weighted by Crippen LogP contribution is 2.44. The predicted molar refractivity (Wildman–Crippen MR) is 113 cm³/mol. The third-order valence-corrected chi connectivity index (χ3v) is 7.59. The van der Waals surface area contributed by atoms with Crippen LogP contribution < -0.4 is 0 Å². The Hall–Kier alpha value is -1.72. The van der Waals surface area contributed by atoms with Crippen LogP contribution in [-0.2, 0) is 33.9 Å². The van der Waals surface area contributed by atoms with Crippen molar-refractivity contribution in [1.82, 2.24) is 9.80 Å². The summed E-state index contributed by atoms with van der Waals surface area (Å²) in [6.07, 6.45) is 3.47. The number of nitrogens with zero attached hydrogens (tertiary/aromatic N) is 2. The standard InChI is InChI=1S/C25H30N2O2/c1-3-8-22-20(6-1)16-28-24(22)10-14-26(18-24)12-5-13-27-15-11-25(19-27)23-9-4-2-7-21(23)17-29-25/h1-4,6-9H,5,10-19H2. The third kappa shape index (κ3) is 2.97. The second-order valence-electron chi connectivity index (χ2n) is 9.29. The Kier molecular flexibility index (Phi) is 4.31. The largest absolute Gasteiger partial charge is 0.364 e. The molecule has 2 unspecified atom stereocenters. The van der Waals surface area contributed by atoms with Crippen LogP contribution in [0.25, 0.3) is 0 Å². The fourth-order valence-corrected chi connectivity index (χ4v) is 6.06. The van der Waals surface area contributed by atoms with Gasteiger partial charge in [0, 0.05) is 26.2 Å². The van der Waals surface area contributed by atoms with Gasteiger partial charge in [0.2, 0.25) is 0 Å². The normalized spacial score (nSPS) is 31.2. The van der Waals surface area contributed by atoms with Crippen LogP contribution in [0.5, 0.6) is 0 Å². The molecule has 4 aliphatic rings. The summed E-state index contributed by atoms with van der Waals surface area (Å²) in [5.74, 6) is 0. The molecule has 2 saturated heterocycles. The van der Waals surface area contributed by atoms with Crippen LogP contribution in [-0.4, -0.2) is 49.1 Å². The summed E-state index contributed by atoms with van der Waals surface area (Å²) in [7, 11) is 0. The van der Waals surface area contributed by atoms with Crippen LogP contribution in [0, 0.1) is 0 Å². The number of rotatable bonds is 4. The molecule has 152 valence electrons. The second-order valence-corrected chi connectivity index (χ2v) is 9.29. The van der Waals surface area contributed by atoms with Crippen molar-refractivity contribution in [2.24, 2.45) is 0 Å². The highest BCUT2D eigenvalue weighted by Gasteiger charge is 2.46. The average molecular weight is 391 g/mol. The summed E-state index contributed by atoms with van der Waals surface area (Å²) < 4.78 is 12.6. The molecule has 0 bridgehead atoms. The summed E-state index contributed by atoms with van der Waals surface area (Å²) in [5, 5.41) is 0. The smallest absolute Gasteiger partial charge is 0.108 e. The molecule has 4 aliphatic heterocycles. The lowest BCUT2D eigenvalue weighted by Gasteiger charge is -2.26. The van der Waals surface area contributed by atoms with E-state index in [-0.39, 0.29) is 11.2 Å². The van der Waals surface area contributed by atoms with Gasteiger partial charge in [0.15, 0.2) is 0 Å². The first-order valence-electron chi connectivity index (χ1n) is 11.2. The van der Waals surface area contributed by atoms with Crippen LogP contribution in [0.15, 0.2) is 48.5 Å². The fourth-order valence-electron chi connectivity index (χ4n) is 6.06. The molecular weight excluding hydrogens is 360 g/mol. The predicted octanol–water partition coefficient (Wildman–Crippen LogP) is 3.64. The molecule has 0 aromatic heterocycles. The highest BCUT2D eigenvalue weighted by atomic mass is 16.5. The monoisotopic (exact) mass is 390 g/mol. The molecule has 0 saturated carbocycles. The third-order valence-electron chi connectivity index (χ3n) is 7.59. The second kappa shape index (κ2) is 6.92. The lowest BCUT2D eigenvalue weighted by molar-refractivity contribution is -0.0309. The Morgan fingerprint density at radius 3 is 1.69 bits per heavy atom. The van der Waals surface area contributed by atoms with Gasteiger partial charge < -0.3 is 9.47 Å². The molecule has 2 atom stereocenters. The van der Waals surface area contributed by atoms with E-state index in [2.05, 4.69) is 58.3 Å². The topological polar surface area (TPSA) is 24.9 Å². The molecule has 29 heavy (non-hydrogen) atoms. The molecule has 6 rings (SSSR count). The van der Waals surface area contributed by atoms with Gasteiger partial charge in [0.05, 0.1) is 13.2 Å². The molecule has 2 spiro atoms. The number of ether oxygens (including phenoxy) is 2. The first kappa shape index (κ1) is 18.1. The van der Waals surface area contributed by atoms with Gasteiger partial charge in [0.25, 0.3) is 0 Å². The summed E-state index contributed by atoms with van der Waals surface area (Å²) in [4.78, 5) is 5.21. The SMILES string of the molecule is c1ccc2c(c1)COC21CCN(CCCN2CCC3(C2)OCc2ccccc23)C1. The maximum atomic E-state index is 6.31. The van der Waals surface area contributed by atoms with Crippen LogP contribution >= 0.6 is 0 Å². The fraction of sp³-hybridized carbons (Fsp3) is 0.520. The summed E-state index contributed by atoms with van der Waals surface area (Å²) in [6, 6.07) is 17.6. The summed E-state index contributed by atoms with van der Waals surface area (Å²) >= 11 is 0. The molecule has 4 nitrogen and oxygen atoms in total. The van der Waals surface area contributed by atoms with E-state index in [4.69, 9.17) is 9.47 Å². The van der Waals surface area contributed by atoms with E-state index in [0.717, 1.165) is 65.3 Å². The maximum Gasteiger partial charge on any atom is 0.108 e. The van der Waals surface area contributed by atoms with Crippen molar-refractivity contribution in [2.45, 2.75) is 43.7 Å². The number of fused-ring (bicyclic) bond motifs is 4. The quantitative estimate of drug-likeness (QED) is 0.796. The average Bonchev–Trinajstić information content (AvgIpc) is 3.53. The highest BCUT2D eigenvalue weighted by molar-refractivity contribution is 5.37. The van der Waals surface area contributed by atoms with E-state index < -0.39 is 0 Å². The molecular formula is C25H30N2O2. The molecule has 2 fully saturated rings. The van der Waals surface area contributed by atoms with Crippen molar-refractivity contribution in [3.05, 3.63) is 70.8 Å². The van der Waals surface area contributed by atoms with E-state index in [1.54, 1.807) is 0 Å². The molecule has 0 aliphatic carbocycles. The molecule has 0 N–H and O–H groups in total. The van der Waals surface area contributed by atoms with Crippen molar-refractivity contribution < 1.29 is 9.47 Å². The summed E-state index contributed by atoms with van der Waals surface area (Å²) in [5.41, 5.74) is 5.54. The van der Waals surface area contributed by atoms with Gasteiger partial charge in [-0.15, -0.1) is 0 Å². The van der Waals surface area contributed by atoms with E-state index in [1.165, 1.54) is 28.7 Å². The minimum Gasteiger partial charge on any atom is -0.364 e. The van der Waals surface area contributed by atoms with Gasteiger partial charge in [0.1, 0.15) is 11.2 Å². The molecule has 0 amide bonds. The van der Waals surface area contributed by atoms with Crippen molar-refractivity contribution in [2.75, 3.05) is 39.3 Å². The Morgan fingerprint density at radius 1 is 0.690 bits per heavy atom. The van der Waals surface area contributed by atoms with Crippen LogP contribution in [0.4, 0.5) is 0 Å². The molecule has 2 aromatic carbocycles. The minimum atomic E-state index is -0.0459. The Bertz CT molecular complexity index is 842. The van der Waals surface area contributed by atoms with Crippen LogP contribution in [0.2, 0.25) is 0 Å². The molecule has 4 heterocycles. The number of hydrogen-bond acceptors (Lipinski definition) is 4. The Balaban J connectivity index is 1.03. The van der Waals surface area contributed by atoms with Gasteiger partial charge in [-0.1, -0.05) is 48.5 Å². The van der Waals surface area contributed by atoms with E-state index in [1.807, 2.05) is 0 Å². The number of hydrogen-bond donors (Lipinski definition) is 0. The molecule has 0 radical (unpaired) electrons. The lowest BCUT2D eigenvalue weighted by Crippen LogP contribution is -2.34. The van der Waals surface area contributed by atoms with Gasteiger partial charge in [-0.2, -0.15) is 0 Å². The van der Waals surface area contributed by atoms with E-state index in [9.17, 15) is 0 Å². The molecule has 2 aromatic rings. The van der Waals surface area contributed by atoms with Crippen LogP contribution in [0.1, 0.15) is 41.5 Å². The minimum absolute atomic E-state index is 0.0459. The van der Waals surface area contributed by atoms with Crippen molar-refractivity contribution in [1.29, 1.82) is 0 Å².